The number of nitrogens with zero attached hydrogens (tertiary/aromatic N) is 1. The lowest BCUT2D eigenvalue weighted by Crippen LogP contribution is -2.39. The molecular formula is C12H16N2O7. The zero-order chi connectivity index (χ0) is 15.6. The van der Waals surface area contributed by atoms with Crippen LogP contribution in [0.3, 0.4) is 0 Å². The Hall–Kier alpha value is -1.81. The Morgan fingerprint density at radius 3 is 2.81 bits per heavy atom. The summed E-state index contributed by atoms with van der Waals surface area (Å²) < 4.78 is 11.6. The lowest BCUT2D eigenvalue weighted by molar-refractivity contribution is -0.127. The number of ketones is 1. The van der Waals surface area contributed by atoms with Crippen molar-refractivity contribution in [1.29, 1.82) is 0 Å². The van der Waals surface area contributed by atoms with Crippen LogP contribution in [-0.4, -0.2) is 57.1 Å². The van der Waals surface area contributed by atoms with E-state index < -0.39 is 42.4 Å². The van der Waals surface area contributed by atoms with Crippen LogP contribution in [0.2, 0.25) is 0 Å². The van der Waals surface area contributed by atoms with E-state index in [1.54, 1.807) is 0 Å². The van der Waals surface area contributed by atoms with Crippen molar-refractivity contribution in [2.24, 2.45) is 0 Å². The molecule has 0 spiro atoms. The van der Waals surface area contributed by atoms with Gasteiger partial charge in [-0.2, -0.15) is 0 Å². The predicted octanol–water partition coefficient (Wildman–Crippen LogP) is -2.24. The topological polar surface area (TPSA) is 131 Å². The number of aromatic amines is 1. The molecule has 1 fully saturated rings. The molecule has 1 aromatic rings. The molecule has 3 N–H and O–H groups in total. The molecule has 116 valence electrons. The molecule has 0 amide bonds. The minimum Gasteiger partial charge on any atom is -0.394 e. The summed E-state index contributed by atoms with van der Waals surface area (Å²) in [5, 5.41) is 19.4. The van der Waals surface area contributed by atoms with E-state index in [-0.39, 0.29) is 12.4 Å². The lowest BCUT2D eigenvalue weighted by Gasteiger charge is -2.19. The number of ether oxygens (including phenoxy) is 2. The number of aliphatic hydroxyl groups is 2. The van der Waals surface area contributed by atoms with Crippen LogP contribution in [0.5, 0.6) is 0 Å². The highest BCUT2D eigenvalue weighted by molar-refractivity contribution is 5.76. The highest BCUT2D eigenvalue weighted by atomic mass is 16.6. The van der Waals surface area contributed by atoms with Crippen LogP contribution in [0.1, 0.15) is 13.2 Å². The summed E-state index contributed by atoms with van der Waals surface area (Å²) in [5.41, 5.74) is -1.33. The van der Waals surface area contributed by atoms with Gasteiger partial charge in [0.15, 0.2) is 12.0 Å². The zero-order valence-electron chi connectivity index (χ0n) is 11.3. The number of carbonyl (C=O) groups excluding carboxylic acids is 1. The SMILES string of the molecule is CC(=O)CO[C@H]1[C@@H](O)[C@H](n2ccc(=O)[nH]c2=O)O[C@@H]1CO. The first kappa shape index (κ1) is 15.6. The van der Waals surface area contributed by atoms with Gasteiger partial charge in [-0.3, -0.25) is 19.1 Å². The van der Waals surface area contributed by atoms with E-state index in [9.17, 15) is 24.6 Å². The van der Waals surface area contributed by atoms with E-state index in [2.05, 4.69) is 0 Å². The minimum absolute atomic E-state index is 0.241. The quantitative estimate of drug-likeness (QED) is 0.560. The number of Topliss-reactive ketones (excluding diaryl/α,β-unsaturated/α-hetero) is 1. The van der Waals surface area contributed by atoms with Crippen molar-refractivity contribution in [3.63, 3.8) is 0 Å². The van der Waals surface area contributed by atoms with E-state index in [0.29, 0.717) is 0 Å². The molecule has 2 rings (SSSR count). The number of rotatable bonds is 5. The second-order valence-corrected chi connectivity index (χ2v) is 4.73. The lowest BCUT2D eigenvalue weighted by atomic mass is 10.1. The van der Waals surface area contributed by atoms with Crippen molar-refractivity contribution in [1.82, 2.24) is 9.55 Å². The van der Waals surface area contributed by atoms with Gasteiger partial charge < -0.3 is 19.7 Å². The molecule has 21 heavy (non-hydrogen) atoms. The van der Waals surface area contributed by atoms with Gasteiger partial charge >= 0.3 is 5.69 Å². The highest BCUT2D eigenvalue weighted by Gasteiger charge is 2.45. The summed E-state index contributed by atoms with van der Waals surface area (Å²) in [4.78, 5) is 35.7. The number of H-pyrrole nitrogens is 1. The Labute approximate surface area is 118 Å². The van der Waals surface area contributed by atoms with Crippen LogP contribution in [0, 0.1) is 0 Å². The fourth-order valence-electron chi connectivity index (χ4n) is 2.14. The monoisotopic (exact) mass is 300 g/mol. The third-order valence-electron chi connectivity index (χ3n) is 3.09. The van der Waals surface area contributed by atoms with E-state index in [1.165, 1.54) is 13.1 Å². The molecule has 4 atom stereocenters. The maximum atomic E-state index is 11.7. The van der Waals surface area contributed by atoms with Crippen LogP contribution in [0.4, 0.5) is 0 Å². The molecule has 1 saturated heterocycles. The number of hydrogen-bond acceptors (Lipinski definition) is 7. The molecule has 0 unspecified atom stereocenters. The smallest absolute Gasteiger partial charge is 0.330 e. The molecule has 0 bridgehead atoms. The van der Waals surface area contributed by atoms with Gasteiger partial charge in [-0.05, 0) is 6.92 Å². The molecule has 1 aliphatic heterocycles. The maximum Gasteiger partial charge on any atom is 0.330 e. The Morgan fingerprint density at radius 2 is 2.24 bits per heavy atom. The standard InChI is InChI=1S/C12H16N2O7/c1-6(16)5-20-10-7(4-15)21-11(9(10)18)14-3-2-8(17)13-12(14)19/h2-3,7,9-11,15,18H,4-5H2,1H3,(H,13,17,19)/t7-,9-,10-,11-/m1/s1. The van der Waals surface area contributed by atoms with E-state index >= 15 is 0 Å². The van der Waals surface area contributed by atoms with Crippen LogP contribution in [0.25, 0.3) is 0 Å². The second-order valence-electron chi connectivity index (χ2n) is 4.73. The van der Waals surface area contributed by atoms with Gasteiger partial charge in [0.05, 0.1) is 6.61 Å². The number of hydrogen-bond donors (Lipinski definition) is 3. The van der Waals surface area contributed by atoms with Crippen molar-refractivity contribution >= 4 is 5.78 Å². The average molecular weight is 300 g/mol. The zero-order valence-corrected chi connectivity index (χ0v) is 11.3. The Kier molecular flexibility index (Phi) is 4.68. The largest absolute Gasteiger partial charge is 0.394 e. The van der Waals surface area contributed by atoms with E-state index in [0.717, 1.165) is 10.6 Å². The average Bonchev–Trinajstić information content (AvgIpc) is 2.73. The van der Waals surface area contributed by atoms with Gasteiger partial charge in [-0.15, -0.1) is 0 Å². The molecule has 0 aliphatic carbocycles. The summed E-state index contributed by atoms with van der Waals surface area (Å²) in [6, 6.07) is 1.11. The minimum atomic E-state index is -1.27. The summed E-state index contributed by atoms with van der Waals surface area (Å²) in [7, 11) is 0. The van der Waals surface area contributed by atoms with Gasteiger partial charge in [0.1, 0.15) is 24.9 Å². The van der Waals surface area contributed by atoms with Crippen molar-refractivity contribution in [3.8, 4) is 0 Å². The Morgan fingerprint density at radius 1 is 1.52 bits per heavy atom. The first-order chi connectivity index (χ1) is 9.93. The summed E-state index contributed by atoms with van der Waals surface area (Å²) >= 11 is 0. The van der Waals surface area contributed by atoms with Gasteiger partial charge in [-0.25, -0.2) is 4.79 Å². The Bertz CT molecular complexity index is 623. The van der Waals surface area contributed by atoms with Crippen LogP contribution < -0.4 is 11.2 Å². The molecule has 0 saturated carbocycles. The third kappa shape index (κ3) is 3.27. The molecule has 0 aromatic carbocycles. The molecule has 1 aromatic heterocycles. The number of aliphatic hydroxyl groups excluding tert-OH is 2. The van der Waals surface area contributed by atoms with Gasteiger partial charge in [0.2, 0.25) is 0 Å². The van der Waals surface area contributed by atoms with Crippen molar-refractivity contribution < 1.29 is 24.5 Å². The van der Waals surface area contributed by atoms with Crippen LogP contribution >= 0.6 is 0 Å². The molecule has 9 heteroatoms. The van der Waals surface area contributed by atoms with E-state index in [4.69, 9.17) is 9.47 Å². The van der Waals surface area contributed by atoms with Crippen molar-refractivity contribution in [2.45, 2.75) is 31.5 Å². The number of aromatic nitrogens is 2. The second kappa shape index (κ2) is 6.31. The van der Waals surface area contributed by atoms with Crippen LogP contribution in [-0.2, 0) is 14.3 Å². The summed E-state index contributed by atoms with van der Waals surface area (Å²) in [5.74, 6) is -0.247. The molecule has 9 nitrogen and oxygen atoms in total. The predicted molar refractivity (Wildman–Crippen MR) is 68.7 cm³/mol. The Balaban J connectivity index is 2.24. The maximum absolute atomic E-state index is 11.7. The van der Waals surface area contributed by atoms with Crippen molar-refractivity contribution in [3.05, 3.63) is 33.1 Å². The summed E-state index contributed by atoms with van der Waals surface area (Å²) in [6.07, 6.45) is -3.06. The number of nitrogens with one attached hydrogen (secondary N) is 1. The van der Waals surface area contributed by atoms with Gasteiger partial charge in [-0.1, -0.05) is 0 Å². The van der Waals surface area contributed by atoms with Crippen molar-refractivity contribution in [2.75, 3.05) is 13.2 Å². The molecule has 1 aliphatic rings. The third-order valence-corrected chi connectivity index (χ3v) is 3.09. The fraction of sp³-hybridized carbons (Fsp3) is 0.583. The van der Waals surface area contributed by atoms with Gasteiger partial charge in [0.25, 0.3) is 5.56 Å². The fourth-order valence-corrected chi connectivity index (χ4v) is 2.14. The van der Waals surface area contributed by atoms with Crippen LogP contribution in [0.15, 0.2) is 21.9 Å². The first-order valence-electron chi connectivity index (χ1n) is 6.31. The first-order valence-corrected chi connectivity index (χ1v) is 6.31. The highest BCUT2D eigenvalue weighted by Crippen LogP contribution is 2.30. The summed E-state index contributed by atoms with van der Waals surface area (Å²) in [6.45, 7) is 0.628. The normalized spacial score (nSPS) is 28.7. The molecular weight excluding hydrogens is 284 g/mol. The number of carbonyl (C=O) groups is 1. The van der Waals surface area contributed by atoms with E-state index in [1.807, 2.05) is 4.98 Å². The van der Waals surface area contributed by atoms with Gasteiger partial charge in [0, 0.05) is 12.3 Å². The molecule has 0 radical (unpaired) electrons. The molecule has 2 heterocycles.